The maximum Gasteiger partial charge on any atom is 0.265 e. The van der Waals surface area contributed by atoms with Crippen molar-refractivity contribution in [1.82, 2.24) is 9.88 Å². The Kier molecular flexibility index (Phi) is 2.44. The standard InChI is InChI=1S/C9H8BrN3O2/c10-2-4-13-8(14)5-1-3-12-7(11)6(5)9(13)15/h1,3H,2,4H2,(H2,11,12). The number of aromatic nitrogens is 1. The number of rotatable bonds is 2. The summed E-state index contributed by atoms with van der Waals surface area (Å²) in [6, 6.07) is 1.51. The molecule has 1 aromatic rings. The smallest absolute Gasteiger partial charge is 0.265 e. The molecule has 0 unspecified atom stereocenters. The van der Waals surface area contributed by atoms with Gasteiger partial charge in [0.05, 0.1) is 11.1 Å². The van der Waals surface area contributed by atoms with Gasteiger partial charge in [0.15, 0.2) is 0 Å². The summed E-state index contributed by atoms with van der Waals surface area (Å²) >= 11 is 3.18. The van der Waals surface area contributed by atoms with E-state index in [0.29, 0.717) is 17.4 Å². The fraction of sp³-hybridized carbons (Fsp3) is 0.222. The number of amides is 2. The highest BCUT2D eigenvalue weighted by molar-refractivity contribution is 9.09. The fourth-order valence-corrected chi connectivity index (χ4v) is 1.90. The molecular weight excluding hydrogens is 262 g/mol. The summed E-state index contributed by atoms with van der Waals surface area (Å²) in [5.41, 5.74) is 6.13. The van der Waals surface area contributed by atoms with Gasteiger partial charge in [-0.3, -0.25) is 14.5 Å². The lowest BCUT2D eigenvalue weighted by atomic mass is 10.1. The van der Waals surface area contributed by atoms with Crippen molar-refractivity contribution in [2.24, 2.45) is 0 Å². The number of imide groups is 1. The molecule has 0 bridgehead atoms. The van der Waals surface area contributed by atoms with Gasteiger partial charge in [-0.05, 0) is 6.07 Å². The lowest BCUT2D eigenvalue weighted by Crippen LogP contribution is -2.31. The molecular formula is C9H8BrN3O2. The summed E-state index contributed by atoms with van der Waals surface area (Å²) in [6.07, 6.45) is 1.43. The molecule has 2 rings (SSSR count). The molecule has 0 fully saturated rings. The van der Waals surface area contributed by atoms with Crippen molar-refractivity contribution in [2.75, 3.05) is 17.6 Å². The number of nitrogens with two attached hydrogens (primary N) is 1. The van der Waals surface area contributed by atoms with Crippen LogP contribution >= 0.6 is 15.9 Å². The van der Waals surface area contributed by atoms with Gasteiger partial charge in [0.25, 0.3) is 11.8 Å². The van der Waals surface area contributed by atoms with Gasteiger partial charge in [-0.15, -0.1) is 0 Å². The monoisotopic (exact) mass is 269 g/mol. The Morgan fingerprint density at radius 2 is 2.13 bits per heavy atom. The molecule has 0 aromatic carbocycles. The maximum absolute atomic E-state index is 11.8. The van der Waals surface area contributed by atoms with E-state index in [-0.39, 0.29) is 23.2 Å². The number of halogens is 1. The Balaban J connectivity index is 2.51. The minimum absolute atomic E-state index is 0.114. The molecule has 0 radical (unpaired) electrons. The molecule has 78 valence electrons. The predicted molar refractivity (Wildman–Crippen MR) is 57.8 cm³/mol. The number of alkyl halides is 1. The van der Waals surface area contributed by atoms with Crippen molar-refractivity contribution < 1.29 is 9.59 Å². The summed E-state index contributed by atoms with van der Waals surface area (Å²) in [4.78, 5) is 28.5. The Morgan fingerprint density at radius 1 is 1.40 bits per heavy atom. The van der Waals surface area contributed by atoms with Gasteiger partial charge < -0.3 is 5.73 Å². The van der Waals surface area contributed by atoms with E-state index in [2.05, 4.69) is 20.9 Å². The van der Waals surface area contributed by atoms with Crippen LogP contribution in [-0.4, -0.2) is 33.6 Å². The molecule has 0 aliphatic carbocycles. The quantitative estimate of drug-likeness (QED) is 0.632. The van der Waals surface area contributed by atoms with Crippen molar-refractivity contribution in [1.29, 1.82) is 0 Å². The van der Waals surface area contributed by atoms with Crippen LogP contribution in [-0.2, 0) is 0 Å². The minimum atomic E-state index is -0.361. The molecule has 1 aliphatic heterocycles. The highest BCUT2D eigenvalue weighted by atomic mass is 79.9. The van der Waals surface area contributed by atoms with E-state index in [1.807, 2.05) is 0 Å². The summed E-state index contributed by atoms with van der Waals surface area (Å²) < 4.78 is 0. The Bertz CT molecular complexity index is 447. The second-order valence-corrected chi connectivity index (χ2v) is 3.86. The lowest BCUT2D eigenvalue weighted by molar-refractivity contribution is 0.0665. The maximum atomic E-state index is 11.8. The van der Waals surface area contributed by atoms with Crippen LogP contribution in [0.3, 0.4) is 0 Å². The summed E-state index contributed by atoms with van der Waals surface area (Å²) in [5, 5.41) is 0.547. The van der Waals surface area contributed by atoms with Crippen molar-refractivity contribution in [3.63, 3.8) is 0 Å². The molecule has 6 heteroatoms. The molecule has 1 aromatic heterocycles. The van der Waals surface area contributed by atoms with Crippen LogP contribution in [0.1, 0.15) is 20.7 Å². The number of nitrogen functional groups attached to an aromatic ring is 1. The predicted octanol–water partition coefficient (Wildman–Crippen LogP) is 0.655. The number of fused-ring (bicyclic) bond motifs is 1. The Hall–Kier alpha value is -1.43. The van der Waals surface area contributed by atoms with Crippen molar-refractivity contribution >= 4 is 33.6 Å². The second-order valence-electron chi connectivity index (χ2n) is 3.07. The second kappa shape index (κ2) is 3.62. The zero-order valence-corrected chi connectivity index (χ0v) is 9.32. The molecule has 2 N–H and O–H groups in total. The van der Waals surface area contributed by atoms with Crippen molar-refractivity contribution in [3.05, 3.63) is 23.4 Å². The molecule has 2 amide bonds. The first-order valence-electron chi connectivity index (χ1n) is 4.33. The molecule has 1 aliphatic rings. The summed E-state index contributed by atoms with van der Waals surface area (Å²) in [7, 11) is 0. The first-order valence-corrected chi connectivity index (χ1v) is 5.45. The molecule has 0 saturated carbocycles. The zero-order valence-electron chi connectivity index (χ0n) is 7.74. The van der Waals surface area contributed by atoms with Gasteiger partial charge in [-0.25, -0.2) is 4.98 Å². The lowest BCUT2D eigenvalue weighted by Gasteiger charge is -2.10. The van der Waals surface area contributed by atoms with Gasteiger partial charge in [0.2, 0.25) is 0 Å². The number of nitrogens with zero attached hydrogens (tertiary/aromatic N) is 2. The van der Waals surface area contributed by atoms with Crippen LogP contribution in [0.15, 0.2) is 12.3 Å². The number of carbonyl (C=O) groups is 2. The van der Waals surface area contributed by atoms with E-state index in [9.17, 15) is 9.59 Å². The number of carbonyl (C=O) groups excluding carboxylic acids is 2. The Labute approximate surface area is 94.4 Å². The van der Waals surface area contributed by atoms with Gasteiger partial charge in [0.1, 0.15) is 5.82 Å². The number of hydrogen-bond acceptors (Lipinski definition) is 4. The van der Waals surface area contributed by atoms with Gasteiger partial charge >= 0.3 is 0 Å². The van der Waals surface area contributed by atoms with E-state index >= 15 is 0 Å². The summed E-state index contributed by atoms with van der Waals surface area (Å²) in [6.45, 7) is 0.339. The minimum Gasteiger partial charge on any atom is -0.383 e. The number of anilines is 1. The topological polar surface area (TPSA) is 76.3 Å². The third kappa shape index (κ3) is 1.41. The van der Waals surface area contributed by atoms with E-state index in [4.69, 9.17) is 5.73 Å². The third-order valence-electron chi connectivity index (χ3n) is 2.22. The van der Waals surface area contributed by atoms with Gasteiger partial charge in [-0.2, -0.15) is 0 Å². The average molecular weight is 270 g/mol. The first-order chi connectivity index (χ1) is 7.16. The number of hydrogen-bond donors (Lipinski definition) is 1. The molecule has 2 heterocycles. The zero-order chi connectivity index (χ0) is 11.0. The first kappa shape index (κ1) is 10.1. The average Bonchev–Trinajstić information content (AvgIpc) is 2.45. The van der Waals surface area contributed by atoms with Crippen LogP contribution < -0.4 is 5.73 Å². The van der Waals surface area contributed by atoms with Crippen molar-refractivity contribution in [3.8, 4) is 0 Å². The van der Waals surface area contributed by atoms with Crippen LogP contribution in [0, 0.1) is 0 Å². The SMILES string of the molecule is Nc1nccc2c1C(=O)N(CCBr)C2=O. The van der Waals surface area contributed by atoms with Crippen molar-refractivity contribution in [2.45, 2.75) is 0 Å². The molecule has 0 atom stereocenters. The van der Waals surface area contributed by atoms with Crippen LogP contribution in [0.5, 0.6) is 0 Å². The van der Waals surface area contributed by atoms with E-state index in [1.54, 1.807) is 0 Å². The molecule has 0 spiro atoms. The van der Waals surface area contributed by atoms with Gasteiger partial charge in [0, 0.05) is 18.1 Å². The Morgan fingerprint density at radius 3 is 2.73 bits per heavy atom. The normalized spacial score (nSPS) is 14.6. The van der Waals surface area contributed by atoms with Crippen LogP contribution in [0.2, 0.25) is 0 Å². The number of pyridine rings is 1. The highest BCUT2D eigenvalue weighted by Crippen LogP contribution is 2.25. The van der Waals surface area contributed by atoms with E-state index in [1.165, 1.54) is 12.3 Å². The molecule has 15 heavy (non-hydrogen) atoms. The fourth-order valence-electron chi connectivity index (χ4n) is 1.54. The van der Waals surface area contributed by atoms with Crippen LogP contribution in [0.25, 0.3) is 0 Å². The molecule has 5 nitrogen and oxygen atoms in total. The van der Waals surface area contributed by atoms with E-state index < -0.39 is 0 Å². The molecule has 0 saturated heterocycles. The summed E-state index contributed by atoms with van der Waals surface area (Å²) in [5.74, 6) is -0.550. The van der Waals surface area contributed by atoms with Gasteiger partial charge in [-0.1, -0.05) is 15.9 Å². The van der Waals surface area contributed by atoms with Crippen LogP contribution in [0.4, 0.5) is 5.82 Å². The highest BCUT2D eigenvalue weighted by Gasteiger charge is 2.36. The third-order valence-corrected chi connectivity index (χ3v) is 2.58. The van der Waals surface area contributed by atoms with E-state index in [0.717, 1.165) is 4.90 Å². The largest absolute Gasteiger partial charge is 0.383 e.